The van der Waals surface area contributed by atoms with Gasteiger partial charge in [0.15, 0.2) is 0 Å². The zero-order valence-electron chi connectivity index (χ0n) is 16.1. The van der Waals surface area contributed by atoms with E-state index in [4.69, 9.17) is 4.42 Å². The minimum absolute atomic E-state index is 0.0394. The molecule has 29 heavy (non-hydrogen) atoms. The van der Waals surface area contributed by atoms with Gasteiger partial charge in [-0.3, -0.25) is 4.79 Å². The highest BCUT2D eigenvalue weighted by Crippen LogP contribution is 2.23. The van der Waals surface area contributed by atoms with Crippen molar-refractivity contribution < 1.29 is 17.6 Å². The van der Waals surface area contributed by atoms with E-state index in [1.54, 1.807) is 24.3 Å². The fourth-order valence-electron chi connectivity index (χ4n) is 3.31. The third-order valence-electron chi connectivity index (χ3n) is 4.85. The van der Waals surface area contributed by atoms with E-state index >= 15 is 0 Å². The number of carbonyl (C=O) groups is 1. The number of hydrogen-bond donors (Lipinski definition) is 2. The zero-order valence-corrected chi connectivity index (χ0v) is 18.5. The number of carbonyl (C=O) groups excluding carboxylic acids is 1. The molecule has 1 aromatic heterocycles. The number of amides is 1. The van der Waals surface area contributed by atoms with Crippen molar-refractivity contribution in [2.75, 3.05) is 6.54 Å². The van der Waals surface area contributed by atoms with Crippen LogP contribution in [0.25, 0.3) is 0 Å². The minimum Gasteiger partial charge on any atom is -0.468 e. The van der Waals surface area contributed by atoms with Gasteiger partial charge in [-0.2, -0.15) is 4.72 Å². The second-order valence-corrected chi connectivity index (χ2v) is 9.69. The Labute approximate surface area is 179 Å². The molecule has 8 heteroatoms. The van der Waals surface area contributed by atoms with Crippen molar-refractivity contribution in [2.45, 2.75) is 49.5 Å². The molecule has 0 saturated carbocycles. The van der Waals surface area contributed by atoms with Crippen molar-refractivity contribution >= 4 is 31.9 Å². The summed E-state index contributed by atoms with van der Waals surface area (Å²) >= 11 is 3.29. The lowest BCUT2D eigenvalue weighted by atomic mass is 9.97. The zero-order chi connectivity index (χ0) is 20.7. The number of furan rings is 1. The SMILES string of the molecule is O=C(CC(NS(=O)(=O)c1ccc(Br)cc1)c1ccco1)NCCC1=CCCCC1. The summed E-state index contributed by atoms with van der Waals surface area (Å²) in [4.78, 5) is 12.6. The lowest BCUT2D eigenvalue weighted by molar-refractivity contribution is -0.121. The van der Waals surface area contributed by atoms with Gasteiger partial charge in [0, 0.05) is 11.0 Å². The largest absolute Gasteiger partial charge is 0.468 e. The average molecular weight is 481 g/mol. The van der Waals surface area contributed by atoms with Gasteiger partial charge in [0.1, 0.15) is 5.76 Å². The van der Waals surface area contributed by atoms with Crippen molar-refractivity contribution in [1.29, 1.82) is 0 Å². The topological polar surface area (TPSA) is 88.4 Å². The standard InChI is InChI=1S/C21H25BrN2O4S/c22-17-8-10-18(11-9-17)29(26,27)24-19(20-7-4-14-28-20)15-21(25)23-13-12-16-5-2-1-3-6-16/h4-5,7-11,14,19,24H,1-3,6,12-13,15H2,(H,23,25). The summed E-state index contributed by atoms with van der Waals surface area (Å²) in [7, 11) is -3.81. The van der Waals surface area contributed by atoms with Crippen molar-refractivity contribution in [3.63, 3.8) is 0 Å². The van der Waals surface area contributed by atoms with Gasteiger partial charge in [0.25, 0.3) is 0 Å². The van der Waals surface area contributed by atoms with E-state index in [0.29, 0.717) is 12.3 Å². The molecule has 6 nitrogen and oxygen atoms in total. The predicted molar refractivity (Wildman–Crippen MR) is 115 cm³/mol. The predicted octanol–water partition coefficient (Wildman–Crippen LogP) is 4.46. The van der Waals surface area contributed by atoms with Crippen molar-refractivity contribution in [1.82, 2.24) is 10.0 Å². The highest BCUT2D eigenvalue weighted by molar-refractivity contribution is 9.10. The maximum Gasteiger partial charge on any atom is 0.241 e. The summed E-state index contributed by atoms with van der Waals surface area (Å²) in [6.45, 7) is 0.551. The first-order chi connectivity index (χ1) is 13.9. The van der Waals surface area contributed by atoms with Gasteiger partial charge >= 0.3 is 0 Å². The molecule has 2 N–H and O–H groups in total. The third kappa shape index (κ3) is 6.55. The van der Waals surface area contributed by atoms with E-state index < -0.39 is 16.1 Å². The highest BCUT2D eigenvalue weighted by atomic mass is 79.9. The molecule has 2 aromatic rings. The number of nitrogens with one attached hydrogen (secondary N) is 2. The van der Waals surface area contributed by atoms with Crippen LogP contribution in [0.5, 0.6) is 0 Å². The van der Waals surface area contributed by atoms with Crippen LogP contribution in [0.4, 0.5) is 0 Å². The molecule has 1 aliphatic rings. The molecule has 0 aliphatic heterocycles. The molecule has 1 atom stereocenters. The average Bonchev–Trinajstić information content (AvgIpc) is 3.23. The molecular formula is C21H25BrN2O4S. The Kier molecular flexibility index (Phi) is 7.69. The molecule has 1 unspecified atom stereocenters. The normalized spacial score (nSPS) is 15.6. The Morgan fingerprint density at radius 3 is 2.62 bits per heavy atom. The second kappa shape index (κ2) is 10.2. The molecule has 1 amide bonds. The highest BCUT2D eigenvalue weighted by Gasteiger charge is 2.25. The molecular weight excluding hydrogens is 456 g/mol. The number of rotatable bonds is 9. The van der Waals surface area contributed by atoms with Crippen molar-refractivity contribution in [3.05, 3.63) is 64.5 Å². The molecule has 3 rings (SSSR count). The smallest absolute Gasteiger partial charge is 0.241 e. The van der Waals surface area contributed by atoms with E-state index in [2.05, 4.69) is 32.0 Å². The Bertz CT molecular complexity index is 938. The van der Waals surface area contributed by atoms with Gasteiger partial charge in [0.05, 0.1) is 23.6 Å². The lowest BCUT2D eigenvalue weighted by Crippen LogP contribution is -2.34. The second-order valence-electron chi connectivity index (χ2n) is 7.06. The van der Waals surface area contributed by atoms with Gasteiger partial charge in [-0.25, -0.2) is 8.42 Å². The van der Waals surface area contributed by atoms with Crippen molar-refractivity contribution in [3.8, 4) is 0 Å². The van der Waals surface area contributed by atoms with Crippen LogP contribution in [0.3, 0.4) is 0 Å². The first kappa shape index (κ1) is 21.8. The van der Waals surface area contributed by atoms with E-state index in [0.717, 1.165) is 23.7 Å². The van der Waals surface area contributed by atoms with Gasteiger partial charge in [-0.15, -0.1) is 0 Å². The lowest BCUT2D eigenvalue weighted by Gasteiger charge is -2.17. The molecule has 0 saturated heterocycles. The van der Waals surface area contributed by atoms with Gasteiger partial charge in [-0.1, -0.05) is 27.6 Å². The van der Waals surface area contributed by atoms with Crippen LogP contribution in [-0.4, -0.2) is 20.9 Å². The van der Waals surface area contributed by atoms with Crippen LogP contribution in [0.15, 0.2) is 68.1 Å². The molecule has 1 aliphatic carbocycles. The third-order valence-corrected chi connectivity index (χ3v) is 6.87. The minimum atomic E-state index is -3.81. The number of sulfonamides is 1. The first-order valence-electron chi connectivity index (χ1n) is 9.70. The summed E-state index contributed by atoms with van der Waals surface area (Å²) in [5, 5.41) is 2.89. The number of halogens is 1. The summed E-state index contributed by atoms with van der Waals surface area (Å²) in [6.07, 6.45) is 9.17. The summed E-state index contributed by atoms with van der Waals surface area (Å²) < 4.78 is 34.2. The molecule has 0 fully saturated rings. The summed E-state index contributed by atoms with van der Waals surface area (Å²) in [5.74, 6) is 0.178. The van der Waals surface area contributed by atoms with Gasteiger partial charge < -0.3 is 9.73 Å². The molecule has 0 bridgehead atoms. The number of allylic oxidation sites excluding steroid dienone is 1. The van der Waals surface area contributed by atoms with E-state index in [1.165, 1.54) is 36.8 Å². The van der Waals surface area contributed by atoms with Crippen LogP contribution >= 0.6 is 15.9 Å². The fourth-order valence-corrected chi connectivity index (χ4v) is 4.78. The van der Waals surface area contributed by atoms with Crippen molar-refractivity contribution in [2.24, 2.45) is 0 Å². The van der Waals surface area contributed by atoms with Crippen LogP contribution in [0.1, 0.15) is 50.3 Å². The number of benzene rings is 1. The molecule has 0 radical (unpaired) electrons. The quantitative estimate of drug-likeness (QED) is 0.518. The van der Waals surface area contributed by atoms with Gasteiger partial charge in [-0.05, 0) is 68.5 Å². The number of hydrogen-bond acceptors (Lipinski definition) is 4. The maximum atomic E-state index is 12.7. The molecule has 156 valence electrons. The molecule has 1 aromatic carbocycles. The van der Waals surface area contributed by atoms with E-state index in [-0.39, 0.29) is 17.2 Å². The summed E-state index contributed by atoms with van der Waals surface area (Å²) in [5.41, 5.74) is 1.38. The van der Waals surface area contributed by atoms with Crippen LogP contribution < -0.4 is 10.0 Å². The van der Waals surface area contributed by atoms with Gasteiger partial charge in [0.2, 0.25) is 15.9 Å². The Balaban J connectivity index is 1.62. The fraction of sp³-hybridized carbons (Fsp3) is 0.381. The van der Waals surface area contributed by atoms with E-state index in [9.17, 15) is 13.2 Å². The summed E-state index contributed by atoms with van der Waals surface area (Å²) in [6, 6.07) is 8.87. The maximum absolute atomic E-state index is 12.7. The van der Waals surface area contributed by atoms with E-state index in [1.807, 2.05) is 0 Å². The monoisotopic (exact) mass is 480 g/mol. The van der Waals surface area contributed by atoms with Crippen LogP contribution in [-0.2, 0) is 14.8 Å². The molecule has 0 spiro atoms. The Hall–Kier alpha value is -1.90. The first-order valence-corrected chi connectivity index (χ1v) is 12.0. The van der Waals surface area contributed by atoms with Crippen LogP contribution in [0, 0.1) is 0 Å². The molecule has 1 heterocycles. The Morgan fingerprint density at radius 2 is 1.97 bits per heavy atom. The Morgan fingerprint density at radius 1 is 1.17 bits per heavy atom. The van der Waals surface area contributed by atoms with Crippen LogP contribution in [0.2, 0.25) is 0 Å².